The summed E-state index contributed by atoms with van der Waals surface area (Å²) in [6, 6.07) is 10.3. The molecule has 94 valence electrons. The Morgan fingerprint density at radius 3 is 2.41 bits per heavy atom. The normalized spacial score (nSPS) is 14.7. The van der Waals surface area contributed by atoms with E-state index in [4.69, 9.17) is 0 Å². The van der Waals surface area contributed by atoms with Crippen molar-refractivity contribution >= 4 is 18.0 Å². The Labute approximate surface area is 108 Å². The number of hydrogen-bond donors (Lipinski definition) is 0. The lowest BCUT2D eigenvalue weighted by Gasteiger charge is -2.19. The van der Waals surface area contributed by atoms with E-state index in [0.29, 0.717) is 5.25 Å². The summed E-state index contributed by atoms with van der Waals surface area (Å²) in [5.41, 5.74) is -0.336. The van der Waals surface area contributed by atoms with Crippen LogP contribution < -0.4 is 0 Å². The molecule has 3 heteroatoms. The van der Waals surface area contributed by atoms with Crippen LogP contribution in [0.2, 0.25) is 0 Å². The lowest BCUT2D eigenvalue weighted by Crippen LogP contribution is -2.29. The predicted octanol–water partition coefficient (Wildman–Crippen LogP) is 3.94. The second-order valence-electron chi connectivity index (χ2n) is 5.16. The highest BCUT2D eigenvalue weighted by Crippen LogP contribution is 2.24. The number of hydroxylamine groups is 1. The number of rotatable bonds is 4. The molecule has 0 aliphatic heterocycles. The van der Waals surface area contributed by atoms with E-state index in [1.165, 1.54) is 4.90 Å². The van der Waals surface area contributed by atoms with Gasteiger partial charge >= 0.3 is 0 Å². The Morgan fingerprint density at radius 2 is 1.88 bits per heavy atom. The van der Waals surface area contributed by atoms with E-state index >= 15 is 0 Å². The third-order valence-corrected chi connectivity index (χ3v) is 3.48. The van der Waals surface area contributed by atoms with Gasteiger partial charge in [-0.1, -0.05) is 25.1 Å². The average molecular weight is 251 g/mol. The molecule has 0 radical (unpaired) electrons. The van der Waals surface area contributed by atoms with Gasteiger partial charge in [0.15, 0.2) is 11.8 Å². The minimum atomic E-state index is -0.336. The van der Waals surface area contributed by atoms with Crippen LogP contribution in [0, 0.1) is 5.21 Å². The van der Waals surface area contributed by atoms with Crippen molar-refractivity contribution in [1.82, 2.24) is 0 Å². The van der Waals surface area contributed by atoms with Crippen LogP contribution in [-0.4, -0.2) is 21.7 Å². The largest absolute Gasteiger partial charge is 0.624 e. The van der Waals surface area contributed by atoms with E-state index in [-0.39, 0.29) is 5.54 Å². The van der Waals surface area contributed by atoms with Gasteiger partial charge in [-0.05, 0) is 12.1 Å². The first-order chi connectivity index (χ1) is 7.89. The standard InChI is InChI=1S/C14H21NOS/c1-12(10-11-15(16)14(2,3)4)17-13-8-6-5-7-9-13/h5-9,11-12H,10H2,1-4H3. The molecule has 2 nitrogen and oxygen atoms in total. The minimum Gasteiger partial charge on any atom is -0.624 e. The molecule has 0 aromatic heterocycles. The highest BCUT2D eigenvalue weighted by Gasteiger charge is 2.18. The Morgan fingerprint density at radius 1 is 1.29 bits per heavy atom. The van der Waals surface area contributed by atoms with E-state index in [9.17, 15) is 5.21 Å². The third-order valence-electron chi connectivity index (χ3n) is 2.34. The fraction of sp³-hybridized carbons (Fsp3) is 0.500. The topological polar surface area (TPSA) is 26.1 Å². The van der Waals surface area contributed by atoms with Gasteiger partial charge in [-0.25, -0.2) is 4.74 Å². The molecule has 0 bridgehead atoms. The minimum absolute atomic E-state index is 0.336. The van der Waals surface area contributed by atoms with Gasteiger partial charge < -0.3 is 5.21 Å². The van der Waals surface area contributed by atoms with Gasteiger partial charge in [-0.3, -0.25) is 0 Å². The molecule has 1 rings (SSSR count). The van der Waals surface area contributed by atoms with E-state index < -0.39 is 0 Å². The lowest BCUT2D eigenvalue weighted by atomic mass is 10.1. The smallest absolute Gasteiger partial charge is 0.164 e. The molecule has 17 heavy (non-hydrogen) atoms. The van der Waals surface area contributed by atoms with Gasteiger partial charge in [-0.2, -0.15) is 0 Å². The zero-order chi connectivity index (χ0) is 12.9. The fourth-order valence-corrected chi connectivity index (χ4v) is 2.26. The molecule has 0 aliphatic rings. The molecular weight excluding hydrogens is 230 g/mol. The molecule has 0 spiro atoms. The van der Waals surface area contributed by atoms with Crippen molar-refractivity contribution in [2.24, 2.45) is 0 Å². The summed E-state index contributed by atoms with van der Waals surface area (Å²) in [6.45, 7) is 7.91. The Balaban J connectivity index is 2.49. The zero-order valence-electron chi connectivity index (χ0n) is 11.0. The zero-order valence-corrected chi connectivity index (χ0v) is 11.8. The summed E-state index contributed by atoms with van der Waals surface area (Å²) in [5.74, 6) is 0. The van der Waals surface area contributed by atoms with Gasteiger partial charge in [0.25, 0.3) is 0 Å². The van der Waals surface area contributed by atoms with E-state index in [0.717, 1.165) is 11.2 Å². The van der Waals surface area contributed by atoms with Gasteiger partial charge in [0, 0.05) is 37.3 Å². The quantitative estimate of drug-likeness (QED) is 0.266. The fourth-order valence-electron chi connectivity index (χ4n) is 1.30. The average Bonchev–Trinajstić information content (AvgIpc) is 2.26. The summed E-state index contributed by atoms with van der Waals surface area (Å²) in [4.78, 5) is 1.25. The molecule has 0 aliphatic carbocycles. The van der Waals surface area contributed by atoms with Crippen LogP contribution in [0.4, 0.5) is 0 Å². The maximum absolute atomic E-state index is 11.7. The first-order valence-electron chi connectivity index (χ1n) is 5.91. The molecule has 0 saturated carbocycles. The van der Waals surface area contributed by atoms with Crippen LogP contribution in [0.15, 0.2) is 35.2 Å². The predicted molar refractivity (Wildman–Crippen MR) is 75.8 cm³/mol. The molecule has 0 saturated heterocycles. The molecular formula is C14H21NOS. The van der Waals surface area contributed by atoms with Crippen molar-refractivity contribution in [3.05, 3.63) is 35.5 Å². The number of nitrogens with zero attached hydrogens (tertiary/aromatic N) is 1. The summed E-state index contributed by atoms with van der Waals surface area (Å²) in [7, 11) is 0. The summed E-state index contributed by atoms with van der Waals surface area (Å²) in [6.07, 6.45) is 2.54. The van der Waals surface area contributed by atoms with Crippen LogP contribution in [0.1, 0.15) is 34.1 Å². The van der Waals surface area contributed by atoms with E-state index in [2.05, 4.69) is 19.1 Å². The molecule has 0 N–H and O–H groups in total. The van der Waals surface area contributed by atoms with E-state index in [1.807, 2.05) is 39.0 Å². The van der Waals surface area contributed by atoms with Gasteiger partial charge in [-0.15, -0.1) is 11.8 Å². The Kier molecular flexibility index (Phi) is 5.06. The molecule has 0 amide bonds. The van der Waals surface area contributed by atoms with E-state index in [1.54, 1.807) is 18.0 Å². The maximum atomic E-state index is 11.7. The van der Waals surface area contributed by atoms with Crippen molar-refractivity contribution in [2.45, 2.75) is 49.8 Å². The number of hydrogen-bond acceptors (Lipinski definition) is 2. The summed E-state index contributed by atoms with van der Waals surface area (Å²) >= 11 is 1.80. The Bertz CT molecular complexity index is 368. The molecule has 1 aromatic carbocycles. The van der Waals surface area contributed by atoms with Crippen molar-refractivity contribution in [2.75, 3.05) is 0 Å². The second kappa shape index (κ2) is 6.10. The van der Waals surface area contributed by atoms with Crippen molar-refractivity contribution in [3.8, 4) is 0 Å². The van der Waals surface area contributed by atoms with Crippen LogP contribution in [0.5, 0.6) is 0 Å². The lowest BCUT2D eigenvalue weighted by molar-refractivity contribution is -0.532. The van der Waals surface area contributed by atoms with Gasteiger partial charge in [0.2, 0.25) is 0 Å². The highest BCUT2D eigenvalue weighted by atomic mass is 32.2. The molecule has 1 atom stereocenters. The number of benzene rings is 1. The molecule has 0 fully saturated rings. The van der Waals surface area contributed by atoms with Crippen molar-refractivity contribution < 1.29 is 4.74 Å². The summed E-state index contributed by atoms with van der Waals surface area (Å²) < 4.78 is 1.05. The SMILES string of the molecule is CC(CC=[N+]([O-])C(C)(C)C)Sc1ccccc1. The number of thioether (sulfide) groups is 1. The molecule has 1 unspecified atom stereocenters. The molecule has 1 aromatic rings. The van der Waals surface area contributed by atoms with Crippen LogP contribution in [0.3, 0.4) is 0 Å². The maximum Gasteiger partial charge on any atom is 0.164 e. The third kappa shape index (κ3) is 5.26. The van der Waals surface area contributed by atoms with Gasteiger partial charge in [0.05, 0.1) is 0 Å². The summed E-state index contributed by atoms with van der Waals surface area (Å²) in [5, 5.41) is 12.1. The van der Waals surface area contributed by atoms with Crippen molar-refractivity contribution in [3.63, 3.8) is 0 Å². The van der Waals surface area contributed by atoms with Crippen molar-refractivity contribution in [1.29, 1.82) is 0 Å². The molecule has 0 heterocycles. The van der Waals surface area contributed by atoms with Crippen LogP contribution in [0.25, 0.3) is 0 Å². The Hall–Kier alpha value is -0.960. The van der Waals surface area contributed by atoms with Gasteiger partial charge in [0.1, 0.15) is 0 Å². The van der Waals surface area contributed by atoms with Crippen LogP contribution >= 0.6 is 11.8 Å². The first kappa shape index (κ1) is 14.1. The first-order valence-corrected chi connectivity index (χ1v) is 6.79. The monoisotopic (exact) mass is 251 g/mol. The highest BCUT2D eigenvalue weighted by molar-refractivity contribution is 8.00. The second-order valence-corrected chi connectivity index (χ2v) is 6.67. The van der Waals surface area contributed by atoms with Crippen LogP contribution in [-0.2, 0) is 0 Å².